The lowest BCUT2D eigenvalue weighted by molar-refractivity contribution is 0.581. The van der Waals surface area contributed by atoms with Gasteiger partial charge in [0.05, 0.1) is 10.2 Å². The average Bonchev–Trinajstić information content (AvgIpc) is 2.35. The maximum absolute atomic E-state index is 13.6. The van der Waals surface area contributed by atoms with Gasteiger partial charge in [0.2, 0.25) is 17.2 Å². The average molecular weight is 351 g/mol. The molecule has 100 valence electrons. The lowest BCUT2D eigenvalue weighted by Gasteiger charge is -2.08. The molecule has 0 atom stereocenters. The van der Waals surface area contributed by atoms with Gasteiger partial charge < -0.3 is 10.6 Å². The first-order valence-electron chi connectivity index (χ1n) is 5.00. The molecule has 1 aromatic heterocycles. The third kappa shape index (κ3) is 3.27. The van der Waals surface area contributed by atoms with Crippen molar-refractivity contribution in [3.05, 3.63) is 33.5 Å². The minimum atomic E-state index is -0.775. The van der Waals surface area contributed by atoms with Gasteiger partial charge >= 0.3 is 0 Å². The Morgan fingerprint density at radius 1 is 1.11 bits per heavy atom. The van der Waals surface area contributed by atoms with Gasteiger partial charge in [-0.05, 0) is 33.6 Å². The normalized spacial score (nSPS) is 10.4. The first-order valence-corrected chi connectivity index (χ1v) is 6.17. The van der Waals surface area contributed by atoms with Crippen LogP contribution in [-0.2, 0) is 0 Å². The van der Waals surface area contributed by atoms with Gasteiger partial charge in [-0.15, -0.1) is 0 Å². The SMILES string of the molecule is CNc1nc(Cl)nc(Nc2cc(Br)c(F)cc2F)n1. The van der Waals surface area contributed by atoms with Crippen molar-refractivity contribution in [2.75, 3.05) is 17.7 Å². The fourth-order valence-corrected chi connectivity index (χ4v) is 1.76. The Balaban J connectivity index is 2.36. The van der Waals surface area contributed by atoms with Crippen LogP contribution in [0.25, 0.3) is 0 Å². The smallest absolute Gasteiger partial charge is 0.233 e. The summed E-state index contributed by atoms with van der Waals surface area (Å²) in [5.41, 5.74) is 0.0117. The van der Waals surface area contributed by atoms with E-state index in [1.807, 2.05) is 0 Å². The molecule has 2 N–H and O–H groups in total. The Bertz CT molecular complexity index is 625. The standard InChI is InChI=1S/C10H7BrClF2N5/c1-15-9-17-8(12)18-10(19-9)16-7-2-4(11)5(13)3-6(7)14/h2-3H,1H3,(H2,15,16,17,18,19). The lowest BCUT2D eigenvalue weighted by Crippen LogP contribution is -2.05. The predicted molar refractivity (Wildman–Crippen MR) is 71.7 cm³/mol. The second-order valence-corrected chi connectivity index (χ2v) is 4.57. The molecule has 0 aliphatic rings. The maximum Gasteiger partial charge on any atom is 0.233 e. The van der Waals surface area contributed by atoms with Gasteiger partial charge in [0, 0.05) is 13.1 Å². The molecule has 0 spiro atoms. The van der Waals surface area contributed by atoms with Gasteiger partial charge in [0.15, 0.2) is 0 Å². The van der Waals surface area contributed by atoms with Gasteiger partial charge in [0.1, 0.15) is 11.6 Å². The Morgan fingerprint density at radius 3 is 2.47 bits per heavy atom. The molecule has 0 radical (unpaired) electrons. The minimum Gasteiger partial charge on any atom is -0.357 e. The van der Waals surface area contributed by atoms with E-state index in [1.54, 1.807) is 7.05 Å². The van der Waals surface area contributed by atoms with E-state index >= 15 is 0 Å². The number of nitrogens with zero attached hydrogens (tertiary/aromatic N) is 3. The number of nitrogens with one attached hydrogen (secondary N) is 2. The van der Waals surface area contributed by atoms with Crippen LogP contribution < -0.4 is 10.6 Å². The zero-order valence-corrected chi connectivity index (χ0v) is 11.9. The summed E-state index contributed by atoms with van der Waals surface area (Å²) < 4.78 is 26.8. The molecule has 0 aliphatic carbocycles. The zero-order chi connectivity index (χ0) is 14.0. The van der Waals surface area contributed by atoms with Gasteiger partial charge in [-0.25, -0.2) is 8.78 Å². The molecule has 0 bridgehead atoms. The van der Waals surface area contributed by atoms with E-state index in [-0.39, 0.29) is 27.3 Å². The Hall–Kier alpha value is -1.54. The number of anilines is 3. The molecule has 1 aromatic carbocycles. The Morgan fingerprint density at radius 2 is 1.79 bits per heavy atom. The molecule has 0 unspecified atom stereocenters. The van der Waals surface area contributed by atoms with Crippen LogP contribution in [0.3, 0.4) is 0 Å². The highest BCUT2D eigenvalue weighted by Gasteiger charge is 2.11. The van der Waals surface area contributed by atoms with Crippen molar-refractivity contribution in [2.24, 2.45) is 0 Å². The number of halogens is 4. The molecule has 5 nitrogen and oxygen atoms in total. The molecule has 0 fully saturated rings. The second-order valence-electron chi connectivity index (χ2n) is 3.37. The van der Waals surface area contributed by atoms with Crippen LogP contribution in [0, 0.1) is 11.6 Å². The number of benzene rings is 1. The number of hydrogen-bond acceptors (Lipinski definition) is 5. The number of hydrogen-bond donors (Lipinski definition) is 2. The zero-order valence-electron chi connectivity index (χ0n) is 9.51. The summed E-state index contributed by atoms with van der Waals surface area (Å²) in [6.07, 6.45) is 0. The summed E-state index contributed by atoms with van der Waals surface area (Å²) in [4.78, 5) is 11.5. The summed E-state index contributed by atoms with van der Waals surface area (Å²) in [5.74, 6) is -1.21. The second kappa shape index (κ2) is 5.62. The molecule has 1 heterocycles. The topological polar surface area (TPSA) is 62.7 Å². The summed E-state index contributed by atoms with van der Waals surface area (Å²) in [7, 11) is 1.60. The fourth-order valence-electron chi connectivity index (χ4n) is 1.26. The first kappa shape index (κ1) is 13.9. The summed E-state index contributed by atoms with van der Waals surface area (Å²) in [6, 6.07) is 1.98. The van der Waals surface area contributed by atoms with E-state index in [1.165, 1.54) is 6.07 Å². The van der Waals surface area contributed by atoms with E-state index in [0.29, 0.717) is 0 Å². The molecular formula is C10H7BrClF2N5. The number of rotatable bonds is 3. The highest BCUT2D eigenvalue weighted by Crippen LogP contribution is 2.25. The molecule has 0 saturated carbocycles. The van der Waals surface area contributed by atoms with Crippen LogP contribution in [0.1, 0.15) is 0 Å². The molecule has 19 heavy (non-hydrogen) atoms. The first-order chi connectivity index (χ1) is 8.99. The van der Waals surface area contributed by atoms with Crippen molar-refractivity contribution >= 4 is 45.1 Å². The fraction of sp³-hybridized carbons (Fsp3) is 0.100. The largest absolute Gasteiger partial charge is 0.357 e. The quantitative estimate of drug-likeness (QED) is 0.831. The summed E-state index contributed by atoms with van der Waals surface area (Å²) in [5, 5.41) is 5.22. The van der Waals surface area contributed by atoms with Gasteiger partial charge in [-0.1, -0.05) is 0 Å². The monoisotopic (exact) mass is 349 g/mol. The van der Waals surface area contributed by atoms with Gasteiger partial charge in [-0.3, -0.25) is 0 Å². The van der Waals surface area contributed by atoms with Crippen molar-refractivity contribution in [1.82, 2.24) is 15.0 Å². The van der Waals surface area contributed by atoms with Crippen molar-refractivity contribution < 1.29 is 8.78 Å². The van der Waals surface area contributed by atoms with Crippen LogP contribution >= 0.6 is 27.5 Å². The van der Waals surface area contributed by atoms with Gasteiger partial charge in [-0.2, -0.15) is 15.0 Å². The molecular weight excluding hydrogens is 343 g/mol. The van der Waals surface area contributed by atoms with Crippen LogP contribution in [0.2, 0.25) is 5.28 Å². The highest BCUT2D eigenvalue weighted by atomic mass is 79.9. The lowest BCUT2D eigenvalue weighted by atomic mass is 10.3. The van der Waals surface area contributed by atoms with Crippen molar-refractivity contribution in [2.45, 2.75) is 0 Å². The third-order valence-corrected chi connectivity index (χ3v) is 2.86. The van der Waals surface area contributed by atoms with Crippen LogP contribution in [0.4, 0.5) is 26.4 Å². The third-order valence-electron chi connectivity index (χ3n) is 2.09. The van der Waals surface area contributed by atoms with E-state index in [9.17, 15) is 8.78 Å². The molecule has 0 amide bonds. The van der Waals surface area contributed by atoms with E-state index in [4.69, 9.17) is 11.6 Å². The summed E-state index contributed by atoms with van der Waals surface area (Å²) in [6.45, 7) is 0. The van der Waals surface area contributed by atoms with E-state index < -0.39 is 11.6 Å². The maximum atomic E-state index is 13.6. The van der Waals surface area contributed by atoms with Crippen LogP contribution in [-0.4, -0.2) is 22.0 Å². The van der Waals surface area contributed by atoms with E-state index in [2.05, 4.69) is 41.5 Å². The van der Waals surface area contributed by atoms with Gasteiger partial charge in [0.25, 0.3) is 0 Å². The van der Waals surface area contributed by atoms with E-state index in [0.717, 1.165) is 6.07 Å². The highest BCUT2D eigenvalue weighted by molar-refractivity contribution is 9.10. The molecule has 0 saturated heterocycles. The minimum absolute atomic E-state index is 0.0117. The molecule has 9 heteroatoms. The predicted octanol–water partition coefficient (Wildman–Crippen LogP) is 3.35. The molecule has 2 aromatic rings. The van der Waals surface area contributed by atoms with Crippen molar-refractivity contribution in [3.63, 3.8) is 0 Å². The van der Waals surface area contributed by atoms with Crippen LogP contribution in [0.15, 0.2) is 16.6 Å². The molecule has 2 rings (SSSR count). The Kier molecular flexibility index (Phi) is 4.11. The summed E-state index contributed by atoms with van der Waals surface area (Å²) >= 11 is 8.65. The van der Waals surface area contributed by atoms with Crippen molar-refractivity contribution in [1.29, 1.82) is 0 Å². The Labute approximate surface area is 120 Å². The number of aromatic nitrogens is 3. The molecule has 0 aliphatic heterocycles. The van der Waals surface area contributed by atoms with Crippen molar-refractivity contribution in [3.8, 4) is 0 Å². The van der Waals surface area contributed by atoms with Crippen LogP contribution in [0.5, 0.6) is 0 Å².